The Morgan fingerprint density at radius 2 is 2.07 bits per heavy atom. The first kappa shape index (κ1) is 11.8. The van der Waals surface area contributed by atoms with Gasteiger partial charge in [-0.1, -0.05) is 48.7 Å². The zero-order chi connectivity index (χ0) is 10.6. The lowest BCUT2D eigenvalue weighted by atomic mass is 9.98. The molecule has 1 aromatic rings. The predicted octanol–water partition coefficient (Wildman–Crippen LogP) is 3.55. The second-order valence-corrected chi connectivity index (χ2v) is 4.16. The maximum atomic E-state index is 9.07. The lowest BCUT2D eigenvalue weighted by Crippen LogP contribution is -2.08. The van der Waals surface area contributed by atoms with E-state index in [-0.39, 0.29) is 12.5 Å². The Morgan fingerprint density at radius 1 is 1.36 bits per heavy atom. The summed E-state index contributed by atoms with van der Waals surface area (Å²) < 4.78 is 0. The van der Waals surface area contributed by atoms with Gasteiger partial charge in [0.25, 0.3) is 0 Å². The minimum Gasteiger partial charge on any atom is -0.396 e. The van der Waals surface area contributed by atoms with E-state index in [2.05, 4.69) is 6.92 Å². The average molecular weight is 233 g/mol. The summed E-state index contributed by atoms with van der Waals surface area (Å²) in [6.07, 6.45) is 1.73. The highest BCUT2D eigenvalue weighted by Crippen LogP contribution is 2.27. The molecule has 1 nitrogen and oxygen atoms in total. The normalized spacial score (nSPS) is 12.9. The third-order valence-corrected chi connectivity index (χ3v) is 3.23. The van der Waals surface area contributed by atoms with Crippen molar-refractivity contribution in [3.8, 4) is 0 Å². The first-order valence-corrected chi connectivity index (χ1v) is 5.48. The van der Waals surface area contributed by atoms with Crippen LogP contribution < -0.4 is 0 Å². The fourth-order valence-corrected chi connectivity index (χ4v) is 1.75. The molecule has 0 aliphatic carbocycles. The number of hydrogen-bond donors (Lipinski definition) is 1. The maximum absolute atomic E-state index is 9.07. The van der Waals surface area contributed by atoms with Crippen molar-refractivity contribution in [1.82, 2.24) is 0 Å². The van der Waals surface area contributed by atoms with Crippen molar-refractivity contribution in [2.75, 3.05) is 6.61 Å². The lowest BCUT2D eigenvalue weighted by Gasteiger charge is -2.12. The van der Waals surface area contributed by atoms with Crippen molar-refractivity contribution >= 4 is 23.2 Å². The zero-order valence-electron chi connectivity index (χ0n) is 8.13. The summed E-state index contributed by atoms with van der Waals surface area (Å²) in [5.74, 6) is 0.269. The summed E-state index contributed by atoms with van der Waals surface area (Å²) in [6, 6.07) is 5.60. The van der Waals surface area contributed by atoms with Gasteiger partial charge >= 0.3 is 0 Å². The van der Waals surface area contributed by atoms with Crippen molar-refractivity contribution in [1.29, 1.82) is 0 Å². The van der Waals surface area contributed by atoms with Crippen LogP contribution in [0.3, 0.4) is 0 Å². The average Bonchev–Trinajstić information content (AvgIpc) is 2.20. The molecule has 0 heterocycles. The summed E-state index contributed by atoms with van der Waals surface area (Å²) in [4.78, 5) is 0. The minimum atomic E-state index is 0.194. The van der Waals surface area contributed by atoms with Crippen LogP contribution in [0, 0.1) is 5.92 Å². The molecule has 14 heavy (non-hydrogen) atoms. The van der Waals surface area contributed by atoms with Crippen LogP contribution in [0.15, 0.2) is 18.2 Å². The Labute approximate surface area is 94.7 Å². The topological polar surface area (TPSA) is 20.2 Å². The Hall–Kier alpha value is -0.240. The Kier molecular flexibility index (Phi) is 4.73. The minimum absolute atomic E-state index is 0.194. The number of halogens is 2. The fraction of sp³-hybridized carbons (Fsp3) is 0.455. The molecule has 0 amide bonds. The van der Waals surface area contributed by atoms with E-state index in [1.165, 1.54) is 0 Å². The molecule has 1 rings (SSSR count). The van der Waals surface area contributed by atoms with Crippen molar-refractivity contribution in [2.45, 2.75) is 19.8 Å². The molecule has 0 aromatic heterocycles. The van der Waals surface area contributed by atoms with Gasteiger partial charge in [0.05, 0.1) is 10.0 Å². The van der Waals surface area contributed by atoms with Gasteiger partial charge in [-0.2, -0.15) is 0 Å². The zero-order valence-corrected chi connectivity index (χ0v) is 9.65. The second-order valence-electron chi connectivity index (χ2n) is 3.37. The molecule has 1 unspecified atom stereocenters. The second kappa shape index (κ2) is 5.59. The number of aliphatic hydroxyl groups excluding tert-OH is 1. The molecule has 0 aliphatic heterocycles. The van der Waals surface area contributed by atoms with Gasteiger partial charge in [-0.05, 0) is 24.0 Å². The largest absolute Gasteiger partial charge is 0.396 e. The summed E-state index contributed by atoms with van der Waals surface area (Å²) in [7, 11) is 0. The van der Waals surface area contributed by atoms with E-state index in [1.807, 2.05) is 12.1 Å². The molecular formula is C11H14Cl2O. The number of benzene rings is 1. The molecule has 3 heteroatoms. The monoisotopic (exact) mass is 232 g/mol. The molecule has 0 fully saturated rings. The molecule has 1 N–H and O–H groups in total. The summed E-state index contributed by atoms with van der Waals surface area (Å²) in [6.45, 7) is 2.25. The molecule has 0 radical (unpaired) electrons. The van der Waals surface area contributed by atoms with Crippen LogP contribution in [0.1, 0.15) is 18.9 Å². The first-order valence-electron chi connectivity index (χ1n) is 4.72. The highest BCUT2D eigenvalue weighted by molar-refractivity contribution is 6.42. The van der Waals surface area contributed by atoms with Crippen LogP contribution in [0.5, 0.6) is 0 Å². The highest BCUT2D eigenvalue weighted by Gasteiger charge is 2.10. The highest BCUT2D eigenvalue weighted by atomic mass is 35.5. The Balaban J connectivity index is 2.80. The molecule has 78 valence electrons. The van der Waals surface area contributed by atoms with E-state index < -0.39 is 0 Å². The van der Waals surface area contributed by atoms with E-state index in [9.17, 15) is 0 Å². The number of rotatable bonds is 4. The SMILES string of the molecule is CCC(CO)Cc1cccc(Cl)c1Cl. The predicted molar refractivity (Wildman–Crippen MR) is 61.0 cm³/mol. The quantitative estimate of drug-likeness (QED) is 0.843. The maximum Gasteiger partial charge on any atom is 0.0624 e. The van der Waals surface area contributed by atoms with Crippen molar-refractivity contribution in [3.05, 3.63) is 33.8 Å². The van der Waals surface area contributed by atoms with Gasteiger partial charge in [0, 0.05) is 6.61 Å². The standard InChI is InChI=1S/C11H14Cl2O/c1-2-8(7-14)6-9-4-3-5-10(12)11(9)13/h3-5,8,14H,2,6-7H2,1H3. The summed E-state index contributed by atoms with van der Waals surface area (Å²) >= 11 is 11.9. The molecular weight excluding hydrogens is 219 g/mol. The van der Waals surface area contributed by atoms with Gasteiger partial charge < -0.3 is 5.11 Å². The summed E-state index contributed by atoms with van der Waals surface area (Å²) in [5, 5.41) is 10.3. The van der Waals surface area contributed by atoms with Crippen LogP contribution in [0.4, 0.5) is 0 Å². The van der Waals surface area contributed by atoms with Crippen molar-refractivity contribution in [3.63, 3.8) is 0 Å². The van der Waals surface area contributed by atoms with E-state index in [0.29, 0.717) is 10.0 Å². The number of hydrogen-bond acceptors (Lipinski definition) is 1. The molecule has 0 aliphatic rings. The van der Waals surface area contributed by atoms with E-state index in [4.69, 9.17) is 28.3 Å². The molecule has 1 aromatic carbocycles. The lowest BCUT2D eigenvalue weighted by molar-refractivity contribution is 0.222. The van der Waals surface area contributed by atoms with E-state index in [1.54, 1.807) is 6.07 Å². The van der Waals surface area contributed by atoms with Crippen LogP contribution in [-0.2, 0) is 6.42 Å². The Morgan fingerprint density at radius 3 is 2.64 bits per heavy atom. The molecule has 0 saturated carbocycles. The molecule has 0 spiro atoms. The fourth-order valence-electron chi connectivity index (χ4n) is 1.36. The van der Waals surface area contributed by atoms with Crippen molar-refractivity contribution in [2.24, 2.45) is 5.92 Å². The molecule has 0 bridgehead atoms. The van der Waals surface area contributed by atoms with E-state index >= 15 is 0 Å². The summed E-state index contributed by atoms with van der Waals surface area (Å²) in [5.41, 5.74) is 1.01. The smallest absolute Gasteiger partial charge is 0.0624 e. The number of aliphatic hydroxyl groups is 1. The first-order chi connectivity index (χ1) is 6.69. The van der Waals surface area contributed by atoms with Crippen LogP contribution in [0.25, 0.3) is 0 Å². The molecule has 1 atom stereocenters. The van der Waals surface area contributed by atoms with Crippen LogP contribution in [0.2, 0.25) is 10.0 Å². The van der Waals surface area contributed by atoms with Crippen molar-refractivity contribution < 1.29 is 5.11 Å². The van der Waals surface area contributed by atoms with Crippen LogP contribution in [-0.4, -0.2) is 11.7 Å². The van der Waals surface area contributed by atoms with Crippen LogP contribution >= 0.6 is 23.2 Å². The molecule has 0 saturated heterocycles. The van der Waals surface area contributed by atoms with Gasteiger partial charge in [0.15, 0.2) is 0 Å². The third kappa shape index (κ3) is 2.88. The third-order valence-electron chi connectivity index (χ3n) is 2.38. The van der Waals surface area contributed by atoms with Gasteiger partial charge in [-0.3, -0.25) is 0 Å². The van der Waals surface area contributed by atoms with Gasteiger partial charge in [0.2, 0.25) is 0 Å². The van der Waals surface area contributed by atoms with Gasteiger partial charge in [-0.15, -0.1) is 0 Å². The van der Waals surface area contributed by atoms with E-state index in [0.717, 1.165) is 18.4 Å². The van der Waals surface area contributed by atoms with Gasteiger partial charge in [0.1, 0.15) is 0 Å². The Bertz CT molecular complexity index is 295. The van der Waals surface area contributed by atoms with Gasteiger partial charge in [-0.25, -0.2) is 0 Å².